The fourth-order valence-electron chi connectivity index (χ4n) is 1.01. The minimum absolute atomic E-state index is 0.453. The van der Waals surface area contributed by atoms with Gasteiger partial charge in [-0.1, -0.05) is 0 Å². The molecule has 0 spiro atoms. The normalized spacial score (nSPS) is 10.0. The van der Waals surface area contributed by atoms with Crippen LogP contribution in [0.2, 0.25) is 0 Å². The van der Waals surface area contributed by atoms with Crippen molar-refractivity contribution in [1.82, 2.24) is 20.2 Å². The van der Waals surface area contributed by atoms with Crippen molar-refractivity contribution in [1.29, 1.82) is 0 Å². The number of rotatable bonds is 3. The standard InChI is InChI=1S/C8H10N6/c9-7-1-2-10-8(14-7)11-3-6-4-12-13-5-6/h1-2,4-5H,3H2,(H,12,13)(H3,9,10,11,14). The first kappa shape index (κ1) is 8.49. The van der Waals surface area contributed by atoms with Gasteiger partial charge >= 0.3 is 0 Å². The van der Waals surface area contributed by atoms with Crippen LogP contribution >= 0.6 is 0 Å². The van der Waals surface area contributed by atoms with E-state index in [1.165, 1.54) is 0 Å². The first-order valence-electron chi connectivity index (χ1n) is 4.14. The van der Waals surface area contributed by atoms with Crippen LogP contribution in [0.3, 0.4) is 0 Å². The van der Waals surface area contributed by atoms with E-state index in [-0.39, 0.29) is 0 Å². The number of nitrogen functional groups attached to an aromatic ring is 1. The van der Waals surface area contributed by atoms with Crippen LogP contribution in [0.25, 0.3) is 0 Å². The molecule has 0 saturated carbocycles. The Labute approximate surface area is 80.6 Å². The van der Waals surface area contributed by atoms with Crippen LogP contribution in [0.15, 0.2) is 24.7 Å². The molecule has 0 aliphatic heterocycles. The summed E-state index contributed by atoms with van der Waals surface area (Å²) in [7, 11) is 0. The maximum absolute atomic E-state index is 5.50. The van der Waals surface area contributed by atoms with Crippen LogP contribution < -0.4 is 11.1 Å². The van der Waals surface area contributed by atoms with Gasteiger partial charge in [0.05, 0.1) is 6.20 Å². The molecule has 6 nitrogen and oxygen atoms in total. The number of hydrogen-bond donors (Lipinski definition) is 3. The lowest BCUT2D eigenvalue weighted by atomic mass is 10.4. The SMILES string of the molecule is Nc1ccnc(NCc2cn[nH]c2)n1. The van der Waals surface area contributed by atoms with E-state index < -0.39 is 0 Å². The van der Waals surface area contributed by atoms with Gasteiger partial charge in [-0.05, 0) is 6.07 Å². The number of aromatic amines is 1. The first-order chi connectivity index (χ1) is 6.84. The highest BCUT2D eigenvalue weighted by molar-refractivity contribution is 5.35. The Morgan fingerprint density at radius 1 is 1.50 bits per heavy atom. The van der Waals surface area contributed by atoms with Crippen LogP contribution in [0.5, 0.6) is 0 Å². The third kappa shape index (κ3) is 1.98. The summed E-state index contributed by atoms with van der Waals surface area (Å²) in [6, 6.07) is 1.64. The van der Waals surface area contributed by atoms with Gasteiger partial charge in [0, 0.05) is 24.5 Å². The predicted octanol–water partition coefficient (Wildman–Crippen LogP) is 0.394. The van der Waals surface area contributed by atoms with Crippen LogP contribution in [0, 0.1) is 0 Å². The van der Waals surface area contributed by atoms with Crippen molar-refractivity contribution in [3.63, 3.8) is 0 Å². The molecule has 0 saturated heterocycles. The summed E-state index contributed by atoms with van der Waals surface area (Å²) in [5, 5.41) is 9.57. The zero-order valence-corrected chi connectivity index (χ0v) is 7.44. The Morgan fingerprint density at radius 2 is 2.43 bits per heavy atom. The highest BCUT2D eigenvalue weighted by atomic mass is 15.1. The van der Waals surface area contributed by atoms with E-state index in [1.807, 2.05) is 0 Å². The maximum Gasteiger partial charge on any atom is 0.224 e. The molecule has 72 valence electrons. The molecule has 2 heterocycles. The van der Waals surface area contributed by atoms with Gasteiger partial charge in [-0.2, -0.15) is 10.1 Å². The summed E-state index contributed by atoms with van der Waals surface area (Å²) in [5.41, 5.74) is 6.54. The maximum atomic E-state index is 5.50. The molecule has 14 heavy (non-hydrogen) atoms. The Hall–Kier alpha value is -2.11. The second kappa shape index (κ2) is 3.73. The number of nitrogens with one attached hydrogen (secondary N) is 2. The first-order valence-corrected chi connectivity index (χ1v) is 4.14. The van der Waals surface area contributed by atoms with E-state index in [2.05, 4.69) is 25.5 Å². The van der Waals surface area contributed by atoms with Gasteiger partial charge in [0.25, 0.3) is 0 Å². The summed E-state index contributed by atoms with van der Waals surface area (Å²) < 4.78 is 0. The number of hydrogen-bond acceptors (Lipinski definition) is 5. The Kier molecular flexibility index (Phi) is 2.26. The van der Waals surface area contributed by atoms with Crippen LogP contribution in [0.1, 0.15) is 5.56 Å². The van der Waals surface area contributed by atoms with Gasteiger partial charge in [0.1, 0.15) is 5.82 Å². The Balaban J connectivity index is 1.98. The number of nitrogens with zero attached hydrogens (tertiary/aromatic N) is 3. The van der Waals surface area contributed by atoms with E-state index >= 15 is 0 Å². The fraction of sp³-hybridized carbons (Fsp3) is 0.125. The van der Waals surface area contributed by atoms with E-state index in [1.54, 1.807) is 24.7 Å². The summed E-state index contributed by atoms with van der Waals surface area (Å²) in [5.74, 6) is 0.973. The molecule has 0 atom stereocenters. The lowest BCUT2D eigenvalue weighted by molar-refractivity contribution is 1.06. The van der Waals surface area contributed by atoms with Gasteiger partial charge in [-0.3, -0.25) is 5.10 Å². The van der Waals surface area contributed by atoms with E-state index in [0.29, 0.717) is 18.3 Å². The third-order valence-corrected chi connectivity index (χ3v) is 1.68. The molecule has 0 bridgehead atoms. The second-order valence-corrected chi connectivity index (χ2v) is 2.77. The second-order valence-electron chi connectivity index (χ2n) is 2.77. The molecule has 0 aromatic carbocycles. The van der Waals surface area contributed by atoms with Crippen molar-refractivity contribution in [2.24, 2.45) is 0 Å². The molecule has 0 unspecified atom stereocenters. The van der Waals surface area contributed by atoms with Crippen molar-refractivity contribution in [2.45, 2.75) is 6.54 Å². The van der Waals surface area contributed by atoms with E-state index in [9.17, 15) is 0 Å². The zero-order chi connectivity index (χ0) is 9.80. The lowest BCUT2D eigenvalue weighted by Crippen LogP contribution is -2.03. The van der Waals surface area contributed by atoms with Crippen LogP contribution in [-0.2, 0) is 6.54 Å². The molecule has 2 aromatic rings. The lowest BCUT2D eigenvalue weighted by Gasteiger charge is -2.02. The van der Waals surface area contributed by atoms with Crippen LogP contribution in [-0.4, -0.2) is 20.2 Å². The van der Waals surface area contributed by atoms with Gasteiger partial charge in [-0.15, -0.1) is 0 Å². The number of aromatic nitrogens is 4. The van der Waals surface area contributed by atoms with Crippen LogP contribution in [0.4, 0.5) is 11.8 Å². The van der Waals surface area contributed by atoms with Crippen molar-refractivity contribution in [2.75, 3.05) is 11.1 Å². The monoisotopic (exact) mass is 190 g/mol. The zero-order valence-electron chi connectivity index (χ0n) is 7.44. The summed E-state index contributed by atoms with van der Waals surface area (Å²) in [6.45, 7) is 0.625. The summed E-state index contributed by atoms with van der Waals surface area (Å²) in [4.78, 5) is 8.00. The molecule has 0 fully saturated rings. The number of nitrogens with two attached hydrogens (primary N) is 1. The third-order valence-electron chi connectivity index (χ3n) is 1.68. The van der Waals surface area contributed by atoms with Crippen molar-refractivity contribution >= 4 is 11.8 Å². The van der Waals surface area contributed by atoms with E-state index in [4.69, 9.17) is 5.73 Å². The molecular weight excluding hydrogens is 180 g/mol. The van der Waals surface area contributed by atoms with Gasteiger partial charge in [0.15, 0.2) is 0 Å². The molecule has 0 amide bonds. The van der Waals surface area contributed by atoms with Crippen molar-refractivity contribution in [3.8, 4) is 0 Å². The summed E-state index contributed by atoms with van der Waals surface area (Å²) in [6.07, 6.45) is 5.15. The van der Waals surface area contributed by atoms with Gasteiger partial charge in [0.2, 0.25) is 5.95 Å². The quantitative estimate of drug-likeness (QED) is 0.651. The molecule has 0 aliphatic carbocycles. The molecule has 2 rings (SSSR count). The van der Waals surface area contributed by atoms with Crippen molar-refractivity contribution < 1.29 is 0 Å². The predicted molar refractivity (Wildman–Crippen MR) is 52.4 cm³/mol. The molecule has 6 heteroatoms. The van der Waals surface area contributed by atoms with Crippen molar-refractivity contribution in [3.05, 3.63) is 30.2 Å². The smallest absolute Gasteiger partial charge is 0.224 e. The minimum Gasteiger partial charge on any atom is -0.384 e. The topological polar surface area (TPSA) is 92.5 Å². The summed E-state index contributed by atoms with van der Waals surface area (Å²) >= 11 is 0. The fourth-order valence-corrected chi connectivity index (χ4v) is 1.01. The minimum atomic E-state index is 0.453. The highest BCUT2D eigenvalue weighted by Gasteiger charge is 1.97. The van der Waals surface area contributed by atoms with E-state index in [0.717, 1.165) is 5.56 Å². The molecule has 4 N–H and O–H groups in total. The Bertz CT molecular complexity index is 396. The van der Waals surface area contributed by atoms with Gasteiger partial charge in [-0.25, -0.2) is 4.98 Å². The molecule has 0 aliphatic rings. The largest absolute Gasteiger partial charge is 0.384 e. The number of anilines is 2. The molecule has 0 radical (unpaired) electrons. The molecule has 2 aromatic heterocycles. The average molecular weight is 190 g/mol. The molecular formula is C8H10N6. The van der Waals surface area contributed by atoms with Gasteiger partial charge < -0.3 is 11.1 Å². The number of H-pyrrole nitrogens is 1. The highest BCUT2D eigenvalue weighted by Crippen LogP contribution is 2.03. The Morgan fingerprint density at radius 3 is 3.14 bits per heavy atom. The average Bonchev–Trinajstić information content (AvgIpc) is 2.67.